The van der Waals surface area contributed by atoms with Crippen molar-refractivity contribution in [2.45, 2.75) is 13.0 Å². The molecule has 0 unspecified atom stereocenters. The summed E-state index contributed by atoms with van der Waals surface area (Å²) in [5.74, 6) is 0.888. The number of ether oxygens (including phenoxy) is 1. The van der Waals surface area contributed by atoms with Gasteiger partial charge in [0.2, 0.25) is 0 Å². The predicted octanol–water partition coefficient (Wildman–Crippen LogP) is 1.95. The van der Waals surface area contributed by atoms with Crippen molar-refractivity contribution >= 4 is 12.4 Å². The van der Waals surface area contributed by atoms with Gasteiger partial charge in [-0.2, -0.15) is 5.10 Å². The monoisotopic (exact) mass is 239 g/mol. The summed E-state index contributed by atoms with van der Waals surface area (Å²) < 4.78 is 6.92. The fourth-order valence-corrected chi connectivity index (χ4v) is 1.38. The van der Waals surface area contributed by atoms with Gasteiger partial charge in [-0.3, -0.25) is 4.68 Å². The summed E-state index contributed by atoms with van der Waals surface area (Å²) in [6.45, 7) is 0.854. The van der Waals surface area contributed by atoms with Gasteiger partial charge in [-0.05, 0) is 24.1 Å². The first-order valence-corrected chi connectivity index (χ1v) is 4.84. The van der Waals surface area contributed by atoms with Crippen molar-refractivity contribution in [3.63, 3.8) is 0 Å². The second kappa shape index (κ2) is 6.12. The standard InChI is InChI=1S/C11H13N3O.ClH/c1-15-11-4-2-10(3-5-11)6-7-14-9-12-8-13-14;/h2-5,8-9H,6-7H2,1H3;1H. The first kappa shape index (κ1) is 12.5. The van der Waals surface area contributed by atoms with Gasteiger partial charge in [0.1, 0.15) is 18.4 Å². The normalized spacial score (nSPS) is 9.56. The van der Waals surface area contributed by atoms with Crippen molar-refractivity contribution in [1.29, 1.82) is 0 Å². The Labute approximate surface area is 101 Å². The van der Waals surface area contributed by atoms with Crippen LogP contribution < -0.4 is 4.74 Å². The van der Waals surface area contributed by atoms with Crippen LogP contribution in [0.1, 0.15) is 5.56 Å². The molecule has 0 aliphatic carbocycles. The minimum atomic E-state index is 0. The van der Waals surface area contributed by atoms with Crippen molar-refractivity contribution in [2.75, 3.05) is 7.11 Å². The molecule has 2 aromatic rings. The third-order valence-electron chi connectivity index (χ3n) is 2.26. The van der Waals surface area contributed by atoms with E-state index in [1.54, 1.807) is 19.8 Å². The molecule has 1 aromatic heterocycles. The van der Waals surface area contributed by atoms with Gasteiger partial charge in [0.05, 0.1) is 7.11 Å². The predicted molar refractivity (Wildman–Crippen MR) is 64.0 cm³/mol. The number of rotatable bonds is 4. The number of hydrogen-bond donors (Lipinski definition) is 0. The average molecular weight is 240 g/mol. The molecule has 0 aliphatic rings. The first-order valence-electron chi connectivity index (χ1n) is 4.84. The second-order valence-corrected chi connectivity index (χ2v) is 3.26. The van der Waals surface area contributed by atoms with E-state index < -0.39 is 0 Å². The highest BCUT2D eigenvalue weighted by Crippen LogP contribution is 2.11. The van der Waals surface area contributed by atoms with Crippen LogP contribution in [-0.4, -0.2) is 21.9 Å². The largest absolute Gasteiger partial charge is 0.497 e. The van der Waals surface area contributed by atoms with Crippen LogP contribution >= 0.6 is 12.4 Å². The molecule has 4 nitrogen and oxygen atoms in total. The summed E-state index contributed by atoms with van der Waals surface area (Å²) in [7, 11) is 1.67. The molecule has 5 heteroatoms. The minimum Gasteiger partial charge on any atom is -0.497 e. The summed E-state index contributed by atoms with van der Waals surface area (Å²) in [5.41, 5.74) is 1.27. The van der Waals surface area contributed by atoms with Crippen LogP contribution in [-0.2, 0) is 13.0 Å². The molecule has 16 heavy (non-hydrogen) atoms. The lowest BCUT2D eigenvalue weighted by molar-refractivity contribution is 0.414. The third kappa shape index (κ3) is 3.24. The van der Waals surface area contributed by atoms with Crippen molar-refractivity contribution in [3.05, 3.63) is 42.5 Å². The fourth-order valence-electron chi connectivity index (χ4n) is 1.38. The highest BCUT2D eigenvalue weighted by atomic mass is 35.5. The van der Waals surface area contributed by atoms with E-state index >= 15 is 0 Å². The van der Waals surface area contributed by atoms with E-state index in [0.717, 1.165) is 18.7 Å². The maximum atomic E-state index is 5.09. The van der Waals surface area contributed by atoms with Gasteiger partial charge in [-0.1, -0.05) is 12.1 Å². The third-order valence-corrected chi connectivity index (χ3v) is 2.26. The number of methoxy groups -OCH3 is 1. The molecule has 0 aliphatic heterocycles. The van der Waals surface area contributed by atoms with E-state index in [9.17, 15) is 0 Å². The first-order chi connectivity index (χ1) is 7.38. The lowest BCUT2D eigenvalue weighted by Gasteiger charge is -2.03. The van der Waals surface area contributed by atoms with E-state index in [1.165, 1.54) is 5.56 Å². The van der Waals surface area contributed by atoms with Crippen LogP contribution in [0.25, 0.3) is 0 Å². The van der Waals surface area contributed by atoms with Gasteiger partial charge in [0.15, 0.2) is 0 Å². The van der Waals surface area contributed by atoms with Gasteiger partial charge < -0.3 is 4.74 Å². The van der Waals surface area contributed by atoms with Crippen LogP contribution in [0.15, 0.2) is 36.9 Å². The quantitative estimate of drug-likeness (QED) is 0.819. The van der Waals surface area contributed by atoms with Gasteiger partial charge in [0, 0.05) is 6.54 Å². The maximum absolute atomic E-state index is 5.09. The average Bonchev–Trinajstić information content (AvgIpc) is 2.80. The molecular weight excluding hydrogens is 226 g/mol. The Morgan fingerprint density at radius 2 is 2.00 bits per heavy atom. The summed E-state index contributed by atoms with van der Waals surface area (Å²) in [6.07, 6.45) is 4.23. The van der Waals surface area contributed by atoms with E-state index in [4.69, 9.17) is 4.74 Å². The number of aryl methyl sites for hydroxylation is 2. The van der Waals surface area contributed by atoms with Gasteiger partial charge in [-0.25, -0.2) is 4.98 Å². The van der Waals surface area contributed by atoms with E-state index in [1.807, 2.05) is 16.8 Å². The number of halogens is 1. The van der Waals surface area contributed by atoms with Gasteiger partial charge in [0.25, 0.3) is 0 Å². The van der Waals surface area contributed by atoms with E-state index in [0.29, 0.717) is 0 Å². The number of benzene rings is 1. The van der Waals surface area contributed by atoms with Crippen molar-refractivity contribution in [2.24, 2.45) is 0 Å². The Bertz CT molecular complexity index is 400. The molecule has 0 bridgehead atoms. The number of hydrogen-bond acceptors (Lipinski definition) is 3. The zero-order valence-electron chi connectivity index (χ0n) is 9.04. The van der Waals surface area contributed by atoms with Gasteiger partial charge >= 0.3 is 0 Å². The fraction of sp³-hybridized carbons (Fsp3) is 0.273. The van der Waals surface area contributed by atoms with Gasteiger partial charge in [-0.15, -0.1) is 12.4 Å². The van der Waals surface area contributed by atoms with Crippen molar-refractivity contribution in [1.82, 2.24) is 14.8 Å². The Balaban J connectivity index is 0.00000128. The molecule has 1 heterocycles. The minimum absolute atomic E-state index is 0. The molecule has 0 radical (unpaired) electrons. The molecule has 0 saturated carbocycles. The lowest BCUT2D eigenvalue weighted by atomic mass is 10.1. The van der Waals surface area contributed by atoms with E-state index in [-0.39, 0.29) is 12.4 Å². The zero-order valence-corrected chi connectivity index (χ0v) is 9.85. The molecule has 1 aromatic carbocycles. The van der Waals surface area contributed by atoms with Crippen LogP contribution in [0.3, 0.4) is 0 Å². The summed E-state index contributed by atoms with van der Waals surface area (Å²) in [6, 6.07) is 8.07. The molecule has 2 rings (SSSR count). The molecule has 0 N–H and O–H groups in total. The maximum Gasteiger partial charge on any atom is 0.137 e. The number of aromatic nitrogens is 3. The van der Waals surface area contributed by atoms with Crippen molar-refractivity contribution in [3.8, 4) is 5.75 Å². The molecule has 0 amide bonds. The Kier molecular flexibility index (Phi) is 4.79. The Morgan fingerprint density at radius 1 is 1.25 bits per heavy atom. The molecule has 0 fully saturated rings. The van der Waals surface area contributed by atoms with Crippen LogP contribution in [0.4, 0.5) is 0 Å². The molecular formula is C11H14ClN3O. The van der Waals surface area contributed by atoms with E-state index in [2.05, 4.69) is 22.2 Å². The zero-order chi connectivity index (χ0) is 10.5. The highest BCUT2D eigenvalue weighted by molar-refractivity contribution is 5.85. The number of nitrogens with zero attached hydrogens (tertiary/aromatic N) is 3. The Morgan fingerprint density at radius 3 is 2.56 bits per heavy atom. The topological polar surface area (TPSA) is 39.9 Å². The molecule has 86 valence electrons. The Hall–Kier alpha value is -1.55. The molecule has 0 atom stereocenters. The van der Waals surface area contributed by atoms with Crippen LogP contribution in [0.5, 0.6) is 5.75 Å². The second-order valence-electron chi connectivity index (χ2n) is 3.26. The molecule has 0 spiro atoms. The smallest absolute Gasteiger partial charge is 0.137 e. The molecule has 0 saturated heterocycles. The van der Waals surface area contributed by atoms with Crippen LogP contribution in [0, 0.1) is 0 Å². The SMILES string of the molecule is COc1ccc(CCn2cncn2)cc1.Cl. The summed E-state index contributed by atoms with van der Waals surface area (Å²) in [5, 5.41) is 4.05. The summed E-state index contributed by atoms with van der Waals surface area (Å²) in [4.78, 5) is 3.89. The van der Waals surface area contributed by atoms with Crippen molar-refractivity contribution < 1.29 is 4.74 Å². The lowest BCUT2D eigenvalue weighted by Crippen LogP contribution is -2.01. The van der Waals surface area contributed by atoms with Crippen LogP contribution in [0.2, 0.25) is 0 Å². The summed E-state index contributed by atoms with van der Waals surface area (Å²) >= 11 is 0. The highest BCUT2D eigenvalue weighted by Gasteiger charge is 1.96.